The van der Waals surface area contributed by atoms with Gasteiger partial charge in [-0.2, -0.15) is 0 Å². The molecule has 0 heterocycles. The predicted octanol–water partition coefficient (Wildman–Crippen LogP) is 4.76. The topological polar surface area (TPSA) is 37.3 Å². The van der Waals surface area contributed by atoms with Gasteiger partial charge in [0, 0.05) is 11.1 Å². The molecule has 7 rings (SSSR count). The number of phenolic OH excluding ortho intramolecular Hbond substituents is 1. The van der Waals surface area contributed by atoms with E-state index in [0.29, 0.717) is 5.75 Å². The van der Waals surface area contributed by atoms with Crippen LogP contribution in [0.15, 0.2) is 60.7 Å². The summed E-state index contributed by atoms with van der Waals surface area (Å²) in [5, 5.41) is 10.3. The average Bonchev–Trinajstić information content (AvgIpc) is 2.64. The van der Waals surface area contributed by atoms with Crippen molar-refractivity contribution in [2.45, 2.75) is 25.7 Å². The van der Waals surface area contributed by atoms with Gasteiger partial charge < -0.3 is 5.11 Å². The van der Waals surface area contributed by atoms with Crippen molar-refractivity contribution >= 4 is 6.29 Å². The van der Waals surface area contributed by atoms with Gasteiger partial charge in [0.1, 0.15) is 12.0 Å². The molecule has 0 radical (unpaired) electrons. The Hall–Kier alpha value is -2.87. The fraction of sp³-hybridized carbons (Fsp3) is 0.174. The van der Waals surface area contributed by atoms with Gasteiger partial charge in [0.15, 0.2) is 0 Å². The number of hydrogen-bond donors (Lipinski definition) is 1. The molecule has 4 aliphatic carbocycles. The fourth-order valence-corrected chi connectivity index (χ4v) is 3.64. The molecule has 3 aromatic carbocycles. The van der Waals surface area contributed by atoms with Crippen molar-refractivity contribution in [3.63, 3.8) is 0 Å². The van der Waals surface area contributed by atoms with Crippen LogP contribution in [0.1, 0.15) is 32.6 Å². The smallest absolute Gasteiger partial charge is 0.150 e. The summed E-state index contributed by atoms with van der Waals surface area (Å²) in [6, 6.07) is 20.3. The van der Waals surface area contributed by atoms with Crippen LogP contribution in [-0.4, -0.2) is 11.4 Å². The van der Waals surface area contributed by atoms with Crippen LogP contribution in [0.5, 0.6) is 5.75 Å². The largest absolute Gasteiger partial charge is 0.507 e. The quantitative estimate of drug-likeness (QED) is 0.689. The first-order chi connectivity index (χ1) is 12.2. The molecule has 0 unspecified atom stereocenters. The van der Waals surface area contributed by atoms with Gasteiger partial charge in [0.05, 0.1) is 0 Å². The first-order valence-electron chi connectivity index (χ1n) is 8.72. The molecule has 4 bridgehead atoms. The van der Waals surface area contributed by atoms with E-state index in [1.54, 1.807) is 6.07 Å². The van der Waals surface area contributed by atoms with Gasteiger partial charge in [-0.25, -0.2) is 0 Å². The van der Waals surface area contributed by atoms with Crippen molar-refractivity contribution in [1.29, 1.82) is 0 Å². The van der Waals surface area contributed by atoms with Gasteiger partial charge in [0.2, 0.25) is 0 Å². The van der Waals surface area contributed by atoms with Crippen LogP contribution in [0.25, 0.3) is 11.1 Å². The van der Waals surface area contributed by atoms with Crippen LogP contribution in [0, 0.1) is 0 Å². The van der Waals surface area contributed by atoms with Crippen LogP contribution in [-0.2, 0) is 25.7 Å². The summed E-state index contributed by atoms with van der Waals surface area (Å²) < 4.78 is 0. The van der Waals surface area contributed by atoms with Crippen molar-refractivity contribution < 1.29 is 9.90 Å². The number of phenols is 1. The number of aldehydes is 1. The monoisotopic (exact) mass is 328 g/mol. The molecule has 0 aromatic heterocycles. The standard InChI is InChI=1S/C23H20O2/c24-15-20-13-16-5-6-17-8-10-19(12-11-18(20)9-7-16)22(14-17)21-3-1-2-4-23(21)25/h1-4,7-10,13-15,25H,5-6,11-12H2. The van der Waals surface area contributed by atoms with Gasteiger partial charge in [-0.15, -0.1) is 0 Å². The van der Waals surface area contributed by atoms with Crippen molar-refractivity contribution in [1.82, 2.24) is 0 Å². The Balaban J connectivity index is 1.82. The van der Waals surface area contributed by atoms with E-state index in [1.165, 1.54) is 16.7 Å². The van der Waals surface area contributed by atoms with Crippen LogP contribution >= 0.6 is 0 Å². The van der Waals surface area contributed by atoms with Gasteiger partial charge in [-0.05, 0) is 65.6 Å². The summed E-state index contributed by atoms with van der Waals surface area (Å²) in [4.78, 5) is 11.5. The number of carbonyl (C=O) groups is 1. The highest BCUT2D eigenvalue weighted by atomic mass is 16.3. The summed E-state index contributed by atoms with van der Waals surface area (Å²) >= 11 is 0. The molecule has 2 nitrogen and oxygen atoms in total. The third kappa shape index (κ3) is 3.08. The van der Waals surface area contributed by atoms with Crippen molar-refractivity contribution in [3.05, 3.63) is 88.5 Å². The Morgan fingerprint density at radius 1 is 0.720 bits per heavy atom. The summed E-state index contributed by atoms with van der Waals surface area (Å²) in [6.07, 6.45) is 4.44. The van der Waals surface area contributed by atoms with E-state index in [9.17, 15) is 9.90 Å². The molecule has 2 heteroatoms. The van der Waals surface area contributed by atoms with Gasteiger partial charge in [0.25, 0.3) is 0 Å². The Bertz CT molecular complexity index is 941. The van der Waals surface area contributed by atoms with E-state index >= 15 is 0 Å². The lowest BCUT2D eigenvalue weighted by atomic mass is 9.89. The Labute approximate surface area is 147 Å². The molecule has 0 spiro atoms. The zero-order valence-electron chi connectivity index (χ0n) is 14.0. The maximum Gasteiger partial charge on any atom is 0.150 e. The van der Waals surface area contributed by atoms with Gasteiger partial charge in [-0.3, -0.25) is 4.79 Å². The highest BCUT2D eigenvalue weighted by Crippen LogP contribution is 2.33. The zero-order valence-corrected chi connectivity index (χ0v) is 14.0. The number of benzene rings is 3. The van der Waals surface area contributed by atoms with E-state index in [2.05, 4.69) is 30.3 Å². The molecule has 0 aliphatic heterocycles. The van der Waals surface area contributed by atoms with Crippen LogP contribution in [0.2, 0.25) is 0 Å². The highest BCUT2D eigenvalue weighted by molar-refractivity contribution is 5.78. The average molecular weight is 328 g/mol. The number of para-hydroxylation sites is 1. The lowest BCUT2D eigenvalue weighted by Crippen LogP contribution is -2.03. The highest BCUT2D eigenvalue weighted by Gasteiger charge is 2.13. The Morgan fingerprint density at radius 2 is 1.40 bits per heavy atom. The molecule has 0 saturated heterocycles. The molecule has 124 valence electrons. The second kappa shape index (κ2) is 6.56. The van der Waals surface area contributed by atoms with Crippen LogP contribution in [0.4, 0.5) is 0 Å². The number of hydrogen-bond acceptors (Lipinski definition) is 2. The Kier molecular flexibility index (Phi) is 4.10. The molecule has 1 N–H and O–H groups in total. The third-order valence-corrected chi connectivity index (χ3v) is 5.07. The summed E-state index contributed by atoms with van der Waals surface area (Å²) in [5.74, 6) is 0.310. The minimum absolute atomic E-state index is 0.310. The maximum absolute atomic E-state index is 11.5. The van der Waals surface area contributed by atoms with Gasteiger partial charge >= 0.3 is 0 Å². The lowest BCUT2D eigenvalue weighted by Gasteiger charge is -2.16. The van der Waals surface area contributed by atoms with Crippen molar-refractivity contribution in [2.24, 2.45) is 0 Å². The summed E-state index contributed by atoms with van der Waals surface area (Å²) in [6.45, 7) is 0. The second-order valence-electron chi connectivity index (χ2n) is 6.66. The Morgan fingerprint density at radius 3 is 2.16 bits per heavy atom. The van der Waals surface area contributed by atoms with E-state index in [0.717, 1.165) is 54.2 Å². The van der Waals surface area contributed by atoms with E-state index in [-0.39, 0.29) is 0 Å². The summed E-state index contributed by atoms with van der Waals surface area (Å²) in [7, 11) is 0. The molecule has 0 fully saturated rings. The minimum Gasteiger partial charge on any atom is -0.507 e. The molecule has 0 amide bonds. The fourth-order valence-electron chi connectivity index (χ4n) is 3.64. The zero-order chi connectivity index (χ0) is 17.2. The third-order valence-electron chi connectivity index (χ3n) is 5.07. The van der Waals surface area contributed by atoms with E-state index < -0.39 is 0 Å². The molecule has 4 aliphatic rings. The summed E-state index contributed by atoms with van der Waals surface area (Å²) in [5.41, 5.74) is 7.51. The molecular formula is C23H20O2. The predicted molar refractivity (Wildman–Crippen MR) is 100 cm³/mol. The normalized spacial score (nSPS) is 13.3. The second-order valence-corrected chi connectivity index (χ2v) is 6.66. The molecular weight excluding hydrogens is 308 g/mol. The minimum atomic E-state index is 0.310. The number of rotatable bonds is 2. The molecule has 25 heavy (non-hydrogen) atoms. The van der Waals surface area contributed by atoms with Crippen molar-refractivity contribution in [3.8, 4) is 16.9 Å². The van der Waals surface area contributed by atoms with Crippen LogP contribution in [0.3, 0.4) is 0 Å². The first kappa shape index (κ1) is 15.6. The van der Waals surface area contributed by atoms with E-state index in [4.69, 9.17) is 0 Å². The van der Waals surface area contributed by atoms with Gasteiger partial charge in [-0.1, -0.05) is 48.5 Å². The SMILES string of the molecule is O=Cc1cc2ccc1CCc1ccc(cc1-c1ccccc1O)CC2. The number of carbonyl (C=O) groups excluding carboxylic acids is 1. The molecule has 0 atom stereocenters. The molecule has 0 saturated carbocycles. The number of aromatic hydroxyl groups is 1. The number of aryl methyl sites for hydroxylation is 4. The maximum atomic E-state index is 11.5. The van der Waals surface area contributed by atoms with E-state index in [1.807, 2.05) is 24.3 Å². The first-order valence-corrected chi connectivity index (χ1v) is 8.72. The lowest BCUT2D eigenvalue weighted by molar-refractivity contribution is 0.112. The molecule has 3 aromatic rings. The van der Waals surface area contributed by atoms with Crippen molar-refractivity contribution in [2.75, 3.05) is 0 Å². The van der Waals surface area contributed by atoms with Crippen LogP contribution < -0.4 is 0 Å².